The van der Waals surface area contributed by atoms with Gasteiger partial charge in [-0.05, 0) is 102 Å². The highest BCUT2D eigenvalue weighted by Crippen LogP contribution is 2.51. The highest BCUT2D eigenvalue weighted by molar-refractivity contribution is 7.15. The molecule has 2 heteroatoms. The van der Waals surface area contributed by atoms with Crippen molar-refractivity contribution in [1.29, 1.82) is 0 Å². The summed E-state index contributed by atoms with van der Waals surface area (Å²) in [6.45, 7) is 8.81. The predicted molar refractivity (Wildman–Crippen MR) is 155 cm³/mol. The Labute approximate surface area is 220 Å². The lowest BCUT2D eigenvalue weighted by molar-refractivity contribution is 0.333. The highest BCUT2D eigenvalue weighted by Gasteiger charge is 2.38. The highest BCUT2D eigenvalue weighted by atomic mass is 32.1. The van der Waals surface area contributed by atoms with E-state index >= 15 is 0 Å². The lowest BCUT2D eigenvalue weighted by Crippen LogP contribution is -2.30. The molecule has 0 N–H and O–H groups in total. The van der Waals surface area contributed by atoms with Crippen LogP contribution < -0.4 is 4.74 Å². The van der Waals surface area contributed by atoms with Gasteiger partial charge in [0.1, 0.15) is 5.75 Å². The molecule has 0 saturated carbocycles. The van der Waals surface area contributed by atoms with Crippen molar-refractivity contribution in [3.8, 4) is 27.3 Å². The molecule has 0 fully saturated rings. The molecular weight excluding hydrogens is 456 g/mol. The maximum Gasteiger partial charge on any atom is 0.118 e. The zero-order valence-corrected chi connectivity index (χ0v) is 22.5. The summed E-state index contributed by atoms with van der Waals surface area (Å²) in [7, 11) is 1.71. The first-order valence-electron chi connectivity index (χ1n) is 13.0. The monoisotopic (exact) mass is 492 g/mol. The smallest absolute Gasteiger partial charge is 0.118 e. The third kappa shape index (κ3) is 5.20. The SMILES string of the molecule is C=C(C)CCCC1(C)CC(c2ccccc2)Cc2sc(-c3cccc(-c4ccc(OC)cc4)c3)cc21. The van der Waals surface area contributed by atoms with Gasteiger partial charge in [0, 0.05) is 9.75 Å². The number of rotatable bonds is 8. The molecule has 0 radical (unpaired) electrons. The molecule has 4 aromatic rings. The van der Waals surface area contributed by atoms with Gasteiger partial charge in [-0.15, -0.1) is 17.9 Å². The predicted octanol–water partition coefficient (Wildman–Crippen LogP) is 9.82. The van der Waals surface area contributed by atoms with Crippen LogP contribution in [0.2, 0.25) is 0 Å². The molecule has 0 saturated heterocycles. The zero-order chi connectivity index (χ0) is 25.1. The maximum absolute atomic E-state index is 5.34. The van der Waals surface area contributed by atoms with Crippen LogP contribution in [0.4, 0.5) is 0 Å². The maximum atomic E-state index is 5.34. The summed E-state index contributed by atoms with van der Waals surface area (Å²) in [5.41, 5.74) is 8.29. The molecule has 0 spiro atoms. The Morgan fingerprint density at radius 3 is 2.42 bits per heavy atom. The number of fused-ring (bicyclic) bond motifs is 1. The normalized spacial score (nSPS) is 19.0. The first-order chi connectivity index (χ1) is 17.4. The third-order valence-electron chi connectivity index (χ3n) is 7.76. The largest absolute Gasteiger partial charge is 0.497 e. The molecule has 2 unspecified atom stereocenters. The summed E-state index contributed by atoms with van der Waals surface area (Å²) in [5, 5.41) is 0. The van der Waals surface area contributed by atoms with Crippen LogP contribution in [0.25, 0.3) is 21.6 Å². The van der Waals surface area contributed by atoms with E-state index in [0.29, 0.717) is 5.92 Å². The lowest BCUT2D eigenvalue weighted by atomic mass is 9.66. The van der Waals surface area contributed by atoms with Gasteiger partial charge in [0.15, 0.2) is 0 Å². The zero-order valence-electron chi connectivity index (χ0n) is 21.7. The van der Waals surface area contributed by atoms with Crippen molar-refractivity contribution in [1.82, 2.24) is 0 Å². The van der Waals surface area contributed by atoms with Crippen LogP contribution in [0.5, 0.6) is 5.75 Å². The second kappa shape index (κ2) is 10.5. The van der Waals surface area contributed by atoms with Gasteiger partial charge in [0.25, 0.3) is 0 Å². The van der Waals surface area contributed by atoms with Gasteiger partial charge < -0.3 is 4.74 Å². The number of ether oxygens (including phenoxy) is 1. The fourth-order valence-electron chi connectivity index (χ4n) is 5.80. The summed E-state index contributed by atoms with van der Waals surface area (Å²) in [6.07, 6.45) is 5.87. The Bertz CT molecular complexity index is 1330. The van der Waals surface area contributed by atoms with Gasteiger partial charge in [0.2, 0.25) is 0 Å². The average molecular weight is 493 g/mol. The molecule has 1 nitrogen and oxygen atoms in total. The number of benzene rings is 3. The minimum absolute atomic E-state index is 0.186. The number of methoxy groups -OCH3 is 1. The van der Waals surface area contributed by atoms with E-state index in [1.807, 2.05) is 23.5 Å². The van der Waals surface area contributed by atoms with E-state index < -0.39 is 0 Å². The molecule has 1 aromatic heterocycles. The van der Waals surface area contributed by atoms with Crippen molar-refractivity contribution < 1.29 is 4.74 Å². The van der Waals surface area contributed by atoms with Crippen molar-refractivity contribution in [2.45, 2.75) is 57.3 Å². The molecule has 1 aliphatic carbocycles. The van der Waals surface area contributed by atoms with Crippen molar-refractivity contribution in [2.24, 2.45) is 0 Å². The Morgan fingerprint density at radius 2 is 1.69 bits per heavy atom. The minimum atomic E-state index is 0.186. The van der Waals surface area contributed by atoms with Crippen LogP contribution in [0.3, 0.4) is 0 Å². The van der Waals surface area contributed by atoms with Gasteiger partial charge >= 0.3 is 0 Å². The van der Waals surface area contributed by atoms with Crippen molar-refractivity contribution >= 4 is 11.3 Å². The molecule has 0 aliphatic heterocycles. The minimum Gasteiger partial charge on any atom is -0.497 e. The van der Waals surface area contributed by atoms with Crippen LogP contribution >= 0.6 is 11.3 Å². The first-order valence-corrected chi connectivity index (χ1v) is 13.8. The van der Waals surface area contributed by atoms with Gasteiger partial charge in [-0.25, -0.2) is 0 Å². The van der Waals surface area contributed by atoms with E-state index in [9.17, 15) is 0 Å². The Hall–Kier alpha value is -3.10. The fraction of sp³-hybridized carbons (Fsp3) is 0.294. The third-order valence-corrected chi connectivity index (χ3v) is 8.97. The van der Waals surface area contributed by atoms with Crippen LogP contribution in [-0.2, 0) is 11.8 Å². The van der Waals surface area contributed by atoms with Crippen molar-refractivity contribution in [2.75, 3.05) is 7.11 Å². The van der Waals surface area contributed by atoms with E-state index in [4.69, 9.17) is 4.74 Å². The Kier molecular flexibility index (Phi) is 7.16. The quantitative estimate of drug-likeness (QED) is 0.222. The number of allylic oxidation sites excluding steroid dienone is 1. The molecule has 0 amide bonds. The van der Waals surface area contributed by atoms with Crippen LogP contribution in [0.15, 0.2) is 97.1 Å². The van der Waals surface area contributed by atoms with E-state index in [1.54, 1.807) is 17.6 Å². The standard InChI is InChI=1S/C34H36OS/c1-24(2)10-9-19-34(3)23-29(25-11-6-5-7-12-25)21-33-31(34)22-32(36-33)28-14-8-13-27(20-28)26-15-17-30(35-4)18-16-26/h5-8,11-18,20,22,29H,1,9-10,19,21,23H2,2-4H3. The van der Waals surface area contributed by atoms with Crippen LogP contribution in [0.1, 0.15) is 61.5 Å². The molecule has 0 bridgehead atoms. The molecule has 184 valence electrons. The molecule has 36 heavy (non-hydrogen) atoms. The Morgan fingerprint density at radius 1 is 0.944 bits per heavy atom. The van der Waals surface area contributed by atoms with Crippen molar-refractivity contribution in [3.05, 3.63) is 113 Å². The number of hydrogen-bond donors (Lipinski definition) is 0. The number of hydrogen-bond acceptors (Lipinski definition) is 2. The summed E-state index contributed by atoms with van der Waals surface area (Å²) in [5.74, 6) is 1.46. The Balaban J connectivity index is 1.49. The molecule has 1 heterocycles. The second-order valence-electron chi connectivity index (χ2n) is 10.6. The van der Waals surface area contributed by atoms with E-state index in [0.717, 1.165) is 18.6 Å². The van der Waals surface area contributed by atoms with E-state index in [-0.39, 0.29) is 5.41 Å². The fourth-order valence-corrected chi connectivity index (χ4v) is 7.18. The molecule has 1 aliphatic rings. The summed E-state index contributed by atoms with van der Waals surface area (Å²) < 4.78 is 5.34. The van der Waals surface area contributed by atoms with Gasteiger partial charge in [0.05, 0.1) is 7.11 Å². The van der Waals surface area contributed by atoms with Crippen LogP contribution in [0, 0.1) is 0 Å². The molecule has 5 rings (SSSR count). The first kappa shape index (κ1) is 24.6. The average Bonchev–Trinajstić information content (AvgIpc) is 3.35. The molecular formula is C34H36OS. The molecule has 3 aromatic carbocycles. The van der Waals surface area contributed by atoms with Crippen LogP contribution in [-0.4, -0.2) is 7.11 Å². The van der Waals surface area contributed by atoms with E-state index in [1.165, 1.54) is 52.0 Å². The van der Waals surface area contributed by atoms with Gasteiger partial charge in [-0.1, -0.05) is 73.2 Å². The van der Waals surface area contributed by atoms with Crippen molar-refractivity contribution in [3.63, 3.8) is 0 Å². The van der Waals surface area contributed by atoms with Gasteiger partial charge in [-0.3, -0.25) is 0 Å². The molecule has 2 atom stereocenters. The lowest BCUT2D eigenvalue weighted by Gasteiger charge is -2.39. The summed E-state index contributed by atoms with van der Waals surface area (Å²) in [6, 6.07) is 31.0. The second-order valence-corrected chi connectivity index (χ2v) is 11.8. The summed E-state index contributed by atoms with van der Waals surface area (Å²) >= 11 is 2.00. The topological polar surface area (TPSA) is 9.23 Å². The van der Waals surface area contributed by atoms with Gasteiger partial charge in [-0.2, -0.15) is 0 Å². The van der Waals surface area contributed by atoms with E-state index in [2.05, 4.69) is 93.2 Å². The number of thiophene rings is 1. The summed E-state index contributed by atoms with van der Waals surface area (Å²) in [4.78, 5) is 2.95.